The van der Waals surface area contributed by atoms with Crippen LogP contribution in [0.15, 0.2) is 30.3 Å². The third-order valence-corrected chi connectivity index (χ3v) is 3.89. The zero-order valence-corrected chi connectivity index (χ0v) is 13.9. The van der Waals surface area contributed by atoms with Crippen molar-refractivity contribution in [2.45, 2.75) is 6.54 Å². The van der Waals surface area contributed by atoms with Gasteiger partial charge in [0.25, 0.3) is 5.91 Å². The van der Waals surface area contributed by atoms with Gasteiger partial charge in [0.1, 0.15) is 10.3 Å². The van der Waals surface area contributed by atoms with Crippen molar-refractivity contribution in [2.75, 3.05) is 7.05 Å². The van der Waals surface area contributed by atoms with E-state index in [0.717, 1.165) is 5.56 Å². The summed E-state index contributed by atoms with van der Waals surface area (Å²) in [6, 6.07) is 8.17. The first-order valence-electron chi connectivity index (χ1n) is 5.89. The Labute approximate surface area is 142 Å². The lowest BCUT2D eigenvalue weighted by Crippen LogP contribution is -2.26. The Bertz CT molecular complexity index is 670. The van der Waals surface area contributed by atoms with Crippen molar-refractivity contribution >= 4 is 52.3 Å². The molecule has 0 atom stereocenters. The molecule has 0 aliphatic heterocycles. The number of halogens is 4. The lowest BCUT2D eigenvalue weighted by Gasteiger charge is -2.18. The van der Waals surface area contributed by atoms with Gasteiger partial charge in [-0.1, -0.05) is 52.5 Å². The fraction of sp³-hybridized carbons (Fsp3) is 0.143. The topological polar surface area (TPSA) is 33.2 Å². The predicted molar refractivity (Wildman–Crippen MR) is 86.5 cm³/mol. The Morgan fingerprint density at radius 3 is 2.24 bits per heavy atom. The average Bonchev–Trinajstić information content (AvgIpc) is 2.41. The molecule has 0 spiro atoms. The summed E-state index contributed by atoms with van der Waals surface area (Å²) in [4.78, 5) is 17.7. The van der Waals surface area contributed by atoms with Crippen LogP contribution < -0.4 is 0 Å². The fourth-order valence-corrected chi connectivity index (χ4v) is 2.57. The second-order valence-corrected chi connectivity index (χ2v) is 6.00. The van der Waals surface area contributed by atoms with Gasteiger partial charge in [0.05, 0.1) is 10.0 Å². The Kier molecular flexibility index (Phi) is 5.33. The molecule has 0 bridgehead atoms. The largest absolute Gasteiger partial charge is 0.337 e. The average molecular weight is 364 g/mol. The summed E-state index contributed by atoms with van der Waals surface area (Å²) >= 11 is 23.4. The molecular formula is C14H10Cl4N2O. The molecule has 21 heavy (non-hydrogen) atoms. The van der Waals surface area contributed by atoms with Gasteiger partial charge in [-0.2, -0.15) is 0 Å². The number of benzene rings is 1. The van der Waals surface area contributed by atoms with Crippen LogP contribution in [0.2, 0.25) is 20.4 Å². The quantitative estimate of drug-likeness (QED) is 0.721. The molecule has 1 aromatic carbocycles. The second kappa shape index (κ2) is 6.84. The first-order chi connectivity index (χ1) is 9.86. The molecule has 0 aliphatic rings. The molecule has 0 saturated carbocycles. The Balaban J connectivity index is 2.17. The monoisotopic (exact) mass is 362 g/mol. The minimum Gasteiger partial charge on any atom is -0.337 e. The summed E-state index contributed by atoms with van der Waals surface area (Å²) in [6.45, 7) is 0.382. The Hall–Kier alpha value is -1.00. The van der Waals surface area contributed by atoms with Crippen LogP contribution in [0.4, 0.5) is 0 Å². The van der Waals surface area contributed by atoms with Crippen molar-refractivity contribution in [2.24, 2.45) is 0 Å². The smallest absolute Gasteiger partial charge is 0.254 e. The molecule has 7 heteroatoms. The molecule has 0 radical (unpaired) electrons. The molecule has 1 amide bonds. The van der Waals surface area contributed by atoms with E-state index < -0.39 is 0 Å². The molecule has 0 unspecified atom stereocenters. The summed E-state index contributed by atoms with van der Waals surface area (Å²) in [5, 5.41) is 1.27. The SMILES string of the molecule is CN(Cc1ccc(Cl)c(Cl)c1)C(=O)c1cc(Cl)nc(Cl)c1. The molecule has 0 fully saturated rings. The van der Waals surface area contributed by atoms with Crippen LogP contribution in [0.25, 0.3) is 0 Å². The van der Waals surface area contributed by atoms with Crippen LogP contribution in [-0.4, -0.2) is 22.8 Å². The van der Waals surface area contributed by atoms with Crippen LogP contribution in [0.5, 0.6) is 0 Å². The van der Waals surface area contributed by atoms with Gasteiger partial charge in [0.15, 0.2) is 0 Å². The van der Waals surface area contributed by atoms with Gasteiger partial charge < -0.3 is 4.90 Å². The van der Waals surface area contributed by atoms with E-state index in [4.69, 9.17) is 46.4 Å². The highest BCUT2D eigenvalue weighted by Crippen LogP contribution is 2.23. The molecule has 3 nitrogen and oxygen atoms in total. The Morgan fingerprint density at radius 1 is 1.05 bits per heavy atom. The minimum absolute atomic E-state index is 0.175. The van der Waals surface area contributed by atoms with E-state index in [-0.39, 0.29) is 16.2 Å². The minimum atomic E-state index is -0.215. The van der Waals surface area contributed by atoms with Gasteiger partial charge in [0, 0.05) is 19.2 Å². The zero-order valence-electron chi connectivity index (χ0n) is 10.9. The Morgan fingerprint density at radius 2 is 1.67 bits per heavy atom. The van der Waals surface area contributed by atoms with Gasteiger partial charge in [-0.05, 0) is 29.8 Å². The second-order valence-electron chi connectivity index (χ2n) is 4.41. The summed E-state index contributed by atoms with van der Waals surface area (Å²) in [5.74, 6) is -0.215. The van der Waals surface area contributed by atoms with Gasteiger partial charge in [-0.25, -0.2) is 4.98 Å². The molecule has 2 rings (SSSR count). The number of carbonyl (C=O) groups is 1. The lowest BCUT2D eigenvalue weighted by molar-refractivity contribution is 0.0785. The molecule has 1 heterocycles. The van der Waals surface area contributed by atoms with Crippen LogP contribution >= 0.6 is 46.4 Å². The van der Waals surface area contributed by atoms with Gasteiger partial charge in [-0.3, -0.25) is 4.79 Å². The van der Waals surface area contributed by atoms with E-state index in [2.05, 4.69) is 4.98 Å². The highest BCUT2D eigenvalue weighted by molar-refractivity contribution is 6.42. The van der Waals surface area contributed by atoms with E-state index in [1.165, 1.54) is 17.0 Å². The number of pyridine rings is 1. The number of carbonyl (C=O) groups excluding carboxylic acids is 1. The molecule has 0 N–H and O–H groups in total. The van der Waals surface area contributed by atoms with Gasteiger partial charge in [0.2, 0.25) is 0 Å². The summed E-state index contributed by atoms with van der Waals surface area (Å²) in [5.41, 5.74) is 1.24. The van der Waals surface area contributed by atoms with Crippen molar-refractivity contribution in [1.29, 1.82) is 0 Å². The zero-order chi connectivity index (χ0) is 15.6. The van der Waals surface area contributed by atoms with Crippen LogP contribution in [0, 0.1) is 0 Å². The van der Waals surface area contributed by atoms with Crippen LogP contribution in [-0.2, 0) is 6.54 Å². The molecular weight excluding hydrogens is 354 g/mol. The van der Waals surface area contributed by atoms with Crippen molar-refractivity contribution in [3.05, 3.63) is 61.8 Å². The third kappa shape index (κ3) is 4.24. The van der Waals surface area contributed by atoms with Crippen molar-refractivity contribution in [1.82, 2.24) is 9.88 Å². The fourth-order valence-electron chi connectivity index (χ4n) is 1.79. The number of amides is 1. The molecule has 0 saturated heterocycles. The maximum absolute atomic E-state index is 12.3. The van der Waals surface area contributed by atoms with E-state index in [1.807, 2.05) is 6.07 Å². The number of aromatic nitrogens is 1. The van der Waals surface area contributed by atoms with E-state index in [1.54, 1.807) is 19.2 Å². The van der Waals surface area contributed by atoms with Gasteiger partial charge >= 0.3 is 0 Å². The number of nitrogens with zero attached hydrogens (tertiary/aromatic N) is 2. The van der Waals surface area contributed by atoms with E-state index in [0.29, 0.717) is 22.2 Å². The first-order valence-corrected chi connectivity index (χ1v) is 7.40. The van der Waals surface area contributed by atoms with Crippen molar-refractivity contribution < 1.29 is 4.79 Å². The normalized spacial score (nSPS) is 10.5. The highest BCUT2D eigenvalue weighted by Gasteiger charge is 2.14. The molecule has 2 aromatic rings. The summed E-state index contributed by atoms with van der Waals surface area (Å²) in [7, 11) is 1.67. The van der Waals surface area contributed by atoms with Gasteiger partial charge in [-0.15, -0.1) is 0 Å². The number of rotatable bonds is 3. The molecule has 0 aliphatic carbocycles. The van der Waals surface area contributed by atoms with E-state index >= 15 is 0 Å². The number of hydrogen-bond donors (Lipinski definition) is 0. The highest BCUT2D eigenvalue weighted by atomic mass is 35.5. The van der Waals surface area contributed by atoms with Crippen molar-refractivity contribution in [3.8, 4) is 0 Å². The molecule has 110 valence electrons. The predicted octanol–water partition coefficient (Wildman–Crippen LogP) is 4.97. The lowest BCUT2D eigenvalue weighted by atomic mass is 10.2. The summed E-state index contributed by atoms with van der Waals surface area (Å²) in [6.07, 6.45) is 0. The van der Waals surface area contributed by atoms with E-state index in [9.17, 15) is 4.79 Å². The maximum atomic E-state index is 12.3. The van der Waals surface area contributed by atoms with Crippen molar-refractivity contribution in [3.63, 3.8) is 0 Å². The maximum Gasteiger partial charge on any atom is 0.254 e. The number of hydrogen-bond acceptors (Lipinski definition) is 2. The summed E-state index contributed by atoms with van der Waals surface area (Å²) < 4.78 is 0. The standard InChI is InChI=1S/C14H10Cl4N2O/c1-20(7-8-2-3-10(15)11(16)4-8)14(21)9-5-12(17)19-13(18)6-9/h2-6H,7H2,1H3. The molecule has 1 aromatic heterocycles. The van der Waals surface area contributed by atoms with Crippen LogP contribution in [0.3, 0.4) is 0 Å². The third-order valence-electron chi connectivity index (χ3n) is 2.76. The first kappa shape index (κ1) is 16.4. The van der Waals surface area contributed by atoms with Crippen LogP contribution in [0.1, 0.15) is 15.9 Å².